The summed E-state index contributed by atoms with van der Waals surface area (Å²) in [5.41, 5.74) is 2.43. The van der Waals surface area contributed by atoms with Gasteiger partial charge in [0.05, 0.1) is 15.5 Å². The SMILES string of the molecule is CN1CCN(c2ccc(CCCNC(=O)c3cc([N+](=O)[O-])ccc3Cl)cc2)CC1. The number of anilines is 1. The summed E-state index contributed by atoms with van der Waals surface area (Å²) in [4.78, 5) is 27.3. The molecule has 3 rings (SSSR count). The van der Waals surface area contributed by atoms with Gasteiger partial charge in [0.15, 0.2) is 0 Å². The number of nitro benzene ring substituents is 1. The lowest BCUT2D eigenvalue weighted by Gasteiger charge is -2.34. The highest BCUT2D eigenvalue weighted by Crippen LogP contribution is 2.22. The topological polar surface area (TPSA) is 78.7 Å². The fourth-order valence-corrected chi connectivity index (χ4v) is 3.53. The zero-order chi connectivity index (χ0) is 20.8. The molecule has 7 nitrogen and oxygen atoms in total. The maximum absolute atomic E-state index is 12.3. The molecule has 1 amide bonds. The van der Waals surface area contributed by atoms with Crippen molar-refractivity contribution in [3.8, 4) is 0 Å². The van der Waals surface area contributed by atoms with E-state index in [-0.39, 0.29) is 16.3 Å². The van der Waals surface area contributed by atoms with Crippen LogP contribution in [0.4, 0.5) is 11.4 Å². The summed E-state index contributed by atoms with van der Waals surface area (Å²) in [5.74, 6) is -0.399. The van der Waals surface area contributed by atoms with E-state index in [0.717, 1.165) is 39.0 Å². The van der Waals surface area contributed by atoms with Crippen molar-refractivity contribution >= 4 is 28.9 Å². The molecule has 0 aromatic heterocycles. The monoisotopic (exact) mass is 416 g/mol. The number of carbonyl (C=O) groups excluding carboxylic acids is 1. The van der Waals surface area contributed by atoms with E-state index in [1.165, 1.54) is 29.4 Å². The summed E-state index contributed by atoms with van der Waals surface area (Å²) in [5, 5.41) is 13.9. The molecule has 1 N–H and O–H groups in total. The number of hydrogen-bond donors (Lipinski definition) is 1. The first-order chi connectivity index (χ1) is 13.9. The number of hydrogen-bond acceptors (Lipinski definition) is 5. The smallest absolute Gasteiger partial charge is 0.270 e. The Labute approximate surface area is 175 Å². The van der Waals surface area contributed by atoms with Crippen LogP contribution in [0, 0.1) is 10.1 Å². The lowest BCUT2D eigenvalue weighted by molar-refractivity contribution is -0.384. The number of piperazine rings is 1. The molecule has 1 aliphatic heterocycles. The van der Waals surface area contributed by atoms with Gasteiger partial charge >= 0.3 is 0 Å². The molecule has 8 heteroatoms. The highest BCUT2D eigenvalue weighted by molar-refractivity contribution is 6.33. The molecule has 1 aliphatic rings. The minimum Gasteiger partial charge on any atom is -0.369 e. The molecule has 0 radical (unpaired) electrons. The van der Waals surface area contributed by atoms with Gasteiger partial charge in [0.1, 0.15) is 0 Å². The molecule has 1 heterocycles. The first-order valence-corrected chi connectivity index (χ1v) is 10.1. The Morgan fingerprint density at radius 3 is 2.48 bits per heavy atom. The molecule has 1 fully saturated rings. The van der Waals surface area contributed by atoms with Gasteiger partial charge in [-0.15, -0.1) is 0 Å². The third kappa shape index (κ3) is 5.68. The fourth-order valence-electron chi connectivity index (χ4n) is 3.33. The van der Waals surface area contributed by atoms with Gasteiger partial charge in [0.25, 0.3) is 11.6 Å². The number of likely N-dealkylation sites (N-methyl/N-ethyl adjacent to an activating group) is 1. The number of amides is 1. The summed E-state index contributed by atoms with van der Waals surface area (Å²) in [6.07, 6.45) is 1.61. The van der Waals surface area contributed by atoms with Crippen molar-refractivity contribution in [2.75, 3.05) is 44.7 Å². The molecule has 0 aliphatic carbocycles. The van der Waals surface area contributed by atoms with Crippen LogP contribution in [0.3, 0.4) is 0 Å². The van der Waals surface area contributed by atoms with Gasteiger partial charge in [-0.2, -0.15) is 0 Å². The maximum atomic E-state index is 12.3. The van der Waals surface area contributed by atoms with Crippen LogP contribution in [-0.2, 0) is 6.42 Å². The summed E-state index contributed by atoms with van der Waals surface area (Å²) < 4.78 is 0. The number of carbonyl (C=O) groups is 1. The zero-order valence-electron chi connectivity index (χ0n) is 16.4. The quantitative estimate of drug-likeness (QED) is 0.425. The number of benzene rings is 2. The van der Waals surface area contributed by atoms with E-state index in [9.17, 15) is 14.9 Å². The second-order valence-corrected chi connectivity index (χ2v) is 7.64. The number of rotatable bonds is 7. The van der Waals surface area contributed by atoms with E-state index in [2.05, 4.69) is 46.4 Å². The van der Waals surface area contributed by atoms with E-state index in [1.54, 1.807) is 0 Å². The average molecular weight is 417 g/mol. The molecule has 2 aromatic carbocycles. The number of halogens is 1. The molecule has 0 saturated carbocycles. The Balaban J connectivity index is 1.46. The largest absolute Gasteiger partial charge is 0.369 e. The van der Waals surface area contributed by atoms with Gasteiger partial charge in [0, 0.05) is 50.5 Å². The second kappa shape index (κ2) is 9.71. The van der Waals surface area contributed by atoms with Crippen LogP contribution < -0.4 is 10.2 Å². The molecular weight excluding hydrogens is 392 g/mol. The molecule has 0 spiro atoms. The van der Waals surface area contributed by atoms with E-state index < -0.39 is 10.8 Å². The normalized spacial score (nSPS) is 14.6. The van der Waals surface area contributed by atoms with E-state index in [0.29, 0.717) is 6.54 Å². The molecule has 0 bridgehead atoms. The second-order valence-electron chi connectivity index (χ2n) is 7.24. The lowest BCUT2D eigenvalue weighted by atomic mass is 10.1. The molecular formula is C21H25ClN4O3. The Kier molecular flexibility index (Phi) is 7.06. The van der Waals surface area contributed by atoms with Gasteiger partial charge < -0.3 is 15.1 Å². The Morgan fingerprint density at radius 2 is 1.83 bits per heavy atom. The van der Waals surface area contributed by atoms with Crippen molar-refractivity contribution in [3.63, 3.8) is 0 Å². The molecule has 0 unspecified atom stereocenters. The van der Waals surface area contributed by atoms with Crippen molar-refractivity contribution in [3.05, 3.63) is 68.7 Å². The molecule has 154 valence electrons. The van der Waals surface area contributed by atoms with E-state index >= 15 is 0 Å². The van der Waals surface area contributed by atoms with Crippen molar-refractivity contribution in [1.82, 2.24) is 10.2 Å². The minimum absolute atomic E-state index is 0.123. The van der Waals surface area contributed by atoms with Gasteiger partial charge in [-0.25, -0.2) is 0 Å². The highest BCUT2D eigenvalue weighted by atomic mass is 35.5. The number of non-ortho nitro benzene ring substituents is 1. The number of nitrogens with zero attached hydrogens (tertiary/aromatic N) is 3. The standard InChI is InChI=1S/C21H25ClN4O3/c1-24-11-13-25(14-12-24)17-6-4-16(5-7-17)3-2-10-23-21(27)19-15-18(26(28)29)8-9-20(19)22/h4-9,15H,2-3,10-14H2,1H3,(H,23,27). The fraction of sp³-hybridized carbons (Fsp3) is 0.381. The van der Waals surface area contributed by atoms with Crippen LogP contribution >= 0.6 is 11.6 Å². The van der Waals surface area contributed by atoms with Crippen molar-refractivity contribution in [1.29, 1.82) is 0 Å². The number of nitrogens with one attached hydrogen (secondary N) is 1. The molecule has 29 heavy (non-hydrogen) atoms. The predicted molar refractivity (Wildman–Crippen MR) is 115 cm³/mol. The van der Waals surface area contributed by atoms with Gasteiger partial charge in [-0.3, -0.25) is 14.9 Å². The van der Waals surface area contributed by atoms with Crippen LogP contribution in [0.15, 0.2) is 42.5 Å². The van der Waals surface area contributed by atoms with Crippen LogP contribution in [0.2, 0.25) is 5.02 Å². The zero-order valence-corrected chi connectivity index (χ0v) is 17.2. The maximum Gasteiger partial charge on any atom is 0.270 e. The van der Waals surface area contributed by atoms with Gasteiger partial charge in [-0.1, -0.05) is 23.7 Å². The van der Waals surface area contributed by atoms with E-state index in [4.69, 9.17) is 11.6 Å². The highest BCUT2D eigenvalue weighted by Gasteiger charge is 2.16. The number of nitro groups is 1. The number of aryl methyl sites for hydroxylation is 1. The van der Waals surface area contributed by atoms with Crippen LogP contribution in [0.25, 0.3) is 0 Å². The summed E-state index contributed by atoms with van der Waals surface area (Å²) in [6.45, 7) is 4.72. The average Bonchev–Trinajstić information content (AvgIpc) is 2.72. The molecule has 2 aromatic rings. The van der Waals surface area contributed by atoms with Crippen LogP contribution in [-0.4, -0.2) is 55.5 Å². The van der Waals surface area contributed by atoms with Crippen LogP contribution in [0.1, 0.15) is 22.3 Å². The first-order valence-electron chi connectivity index (χ1n) is 9.68. The molecule has 0 atom stereocenters. The summed E-state index contributed by atoms with van der Waals surface area (Å²) in [7, 11) is 2.15. The van der Waals surface area contributed by atoms with Gasteiger partial charge in [-0.05, 0) is 43.7 Å². The lowest BCUT2D eigenvalue weighted by Crippen LogP contribution is -2.44. The Hall–Kier alpha value is -2.64. The summed E-state index contributed by atoms with van der Waals surface area (Å²) >= 11 is 6.00. The third-order valence-electron chi connectivity index (χ3n) is 5.14. The predicted octanol–water partition coefficient (Wildman–Crippen LogP) is 3.36. The summed E-state index contributed by atoms with van der Waals surface area (Å²) in [6, 6.07) is 12.4. The van der Waals surface area contributed by atoms with Crippen molar-refractivity contribution < 1.29 is 9.72 Å². The molecule has 1 saturated heterocycles. The van der Waals surface area contributed by atoms with Crippen molar-refractivity contribution in [2.24, 2.45) is 0 Å². The Bertz CT molecular complexity index is 865. The van der Waals surface area contributed by atoms with Crippen molar-refractivity contribution in [2.45, 2.75) is 12.8 Å². The van der Waals surface area contributed by atoms with E-state index in [1.807, 2.05) is 0 Å². The Morgan fingerprint density at radius 1 is 1.14 bits per heavy atom. The van der Waals surface area contributed by atoms with Gasteiger partial charge in [0.2, 0.25) is 0 Å². The van der Waals surface area contributed by atoms with Crippen LogP contribution in [0.5, 0.6) is 0 Å². The third-order valence-corrected chi connectivity index (χ3v) is 5.47. The first kappa shape index (κ1) is 21.1. The minimum atomic E-state index is -0.543.